The molecule has 4 heteroatoms. The fourth-order valence-corrected chi connectivity index (χ4v) is 2.49. The summed E-state index contributed by atoms with van der Waals surface area (Å²) in [6, 6.07) is 0.263. The Labute approximate surface area is 104 Å². The molecule has 2 unspecified atom stereocenters. The molecule has 0 radical (unpaired) electrons. The molecule has 2 fully saturated rings. The first-order valence-electron chi connectivity index (χ1n) is 6.25. The fourth-order valence-electron chi connectivity index (χ4n) is 2.49. The van der Waals surface area contributed by atoms with E-state index in [0.29, 0.717) is 5.91 Å². The maximum Gasteiger partial charge on any atom is 0.225 e. The lowest BCUT2D eigenvalue weighted by Crippen LogP contribution is -2.37. The van der Waals surface area contributed by atoms with Gasteiger partial charge in [-0.2, -0.15) is 0 Å². The van der Waals surface area contributed by atoms with Crippen LogP contribution in [-0.4, -0.2) is 29.9 Å². The predicted molar refractivity (Wildman–Crippen MR) is 67.5 cm³/mol. The van der Waals surface area contributed by atoms with Crippen LogP contribution in [0.3, 0.4) is 0 Å². The van der Waals surface area contributed by atoms with Crippen LogP contribution < -0.4 is 5.73 Å². The van der Waals surface area contributed by atoms with E-state index in [9.17, 15) is 4.79 Å². The van der Waals surface area contributed by atoms with E-state index in [1.54, 1.807) is 0 Å². The van der Waals surface area contributed by atoms with Crippen molar-refractivity contribution in [3.05, 3.63) is 0 Å². The summed E-state index contributed by atoms with van der Waals surface area (Å²) >= 11 is 0. The standard InChI is InChI=1S/C12H22N2O.ClH/c1-2-14(8-9-3-4-9)12(15)10-5-6-11(13)7-10;/h9-11H,2-8,13H2,1H3;1H. The summed E-state index contributed by atoms with van der Waals surface area (Å²) in [5, 5.41) is 0. The summed E-state index contributed by atoms with van der Waals surface area (Å²) in [5.74, 6) is 1.38. The van der Waals surface area contributed by atoms with Crippen molar-refractivity contribution in [3.8, 4) is 0 Å². The molecular weight excluding hydrogens is 224 g/mol. The maximum atomic E-state index is 12.2. The van der Waals surface area contributed by atoms with E-state index < -0.39 is 0 Å². The van der Waals surface area contributed by atoms with E-state index in [-0.39, 0.29) is 24.4 Å². The molecule has 94 valence electrons. The second-order valence-electron chi connectivity index (χ2n) is 5.09. The number of carbonyl (C=O) groups is 1. The van der Waals surface area contributed by atoms with E-state index >= 15 is 0 Å². The van der Waals surface area contributed by atoms with Crippen LogP contribution in [0.1, 0.15) is 39.0 Å². The van der Waals surface area contributed by atoms with Crippen LogP contribution in [0.25, 0.3) is 0 Å². The summed E-state index contributed by atoms with van der Waals surface area (Å²) in [7, 11) is 0. The molecule has 0 saturated heterocycles. The molecular formula is C12H23ClN2O. The van der Waals surface area contributed by atoms with Crippen molar-refractivity contribution >= 4 is 18.3 Å². The minimum absolute atomic E-state index is 0. The Kier molecular flexibility index (Phi) is 5.06. The summed E-state index contributed by atoms with van der Waals surface area (Å²) in [5.41, 5.74) is 5.85. The van der Waals surface area contributed by atoms with Gasteiger partial charge in [0.05, 0.1) is 0 Å². The van der Waals surface area contributed by atoms with Gasteiger partial charge < -0.3 is 10.6 Å². The molecule has 2 N–H and O–H groups in total. The van der Waals surface area contributed by atoms with E-state index in [1.165, 1.54) is 12.8 Å². The van der Waals surface area contributed by atoms with E-state index in [2.05, 4.69) is 6.92 Å². The summed E-state index contributed by atoms with van der Waals surface area (Å²) < 4.78 is 0. The van der Waals surface area contributed by atoms with Crippen molar-refractivity contribution in [3.63, 3.8) is 0 Å². The van der Waals surface area contributed by atoms with Gasteiger partial charge in [-0.3, -0.25) is 4.79 Å². The molecule has 2 rings (SSSR count). The van der Waals surface area contributed by atoms with Crippen molar-refractivity contribution in [2.75, 3.05) is 13.1 Å². The Morgan fingerprint density at radius 2 is 2.00 bits per heavy atom. The molecule has 0 aromatic rings. The number of hydrogen-bond acceptors (Lipinski definition) is 2. The van der Waals surface area contributed by atoms with Crippen molar-refractivity contribution in [2.45, 2.75) is 45.1 Å². The molecule has 0 aromatic carbocycles. The Morgan fingerprint density at radius 1 is 1.31 bits per heavy atom. The van der Waals surface area contributed by atoms with Crippen molar-refractivity contribution in [1.82, 2.24) is 4.90 Å². The number of nitrogens with two attached hydrogens (primary N) is 1. The summed E-state index contributed by atoms with van der Waals surface area (Å²) in [6.07, 6.45) is 5.56. The SMILES string of the molecule is CCN(CC1CC1)C(=O)C1CCC(N)C1.Cl. The maximum absolute atomic E-state index is 12.2. The predicted octanol–water partition coefficient (Wildman–Crippen LogP) is 1.79. The van der Waals surface area contributed by atoms with Gasteiger partial charge in [0.25, 0.3) is 0 Å². The topological polar surface area (TPSA) is 46.3 Å². The Bertz CT molecular complexity index is 243. The molecule has 2 aliphatic carbocycles. The molecule has 0 bridgehead atoms. The quantitative estimate of drug-likeness (QED) is 0.822. The van der Waals surface area contributed by atoms with E-state index in [0.717, 1.165) is 38.3 Å². The van der Waals surface area contributed by atoms with Crippen LogP contribution in [0.5, 0.6) is 0 Å². The Hall–Kier alpha value is -0.280. The van der Waals surface area contributed by atoms with Crippen LogP contribution >= 0.6 is 12.4 Å². The number of rotatable bonds is 4. The molecule has 3 nitrogen and oxygen atoms in total. The Morgan fingerprint density at radius 3 is 2.44 bits per heavy atom. The van der Waals surface area contributed by atoms with Crippen molar-refractivity contribution < 1.29 is 4.79 Å². The van der Waals surface area contributed by atoms with Gasteiger partial charge >= 0.3 is 0 Å². The van der Waals surface area contributed by atoms with Gasteiger partial charge in [0.15, 0.2) is 0 Å². The first-order valence-corrected chi connectivity index (χ1v) is 6.25. The van der Waals surface area contributed by atoms with Gasteiger partial charge in [0.2, 0.25) is 5.91 Å². The highest BCUT2D eigenvalue weighted by Gasteiger charge is 2.33. The van der Waals surface area contributed by atoms with Crippen molar-refractivity contribution in [1.29, 1.82) is 0 Å². The van der Waals surface area contributed by atoms with Gasteiger partial charge in [-0.25, -0.2) is 0 Å². The number of amides is 1. The van der Waals surface area contributed by atoms with Gasteiger partial charge in [-0.05, 0) is 44.9 Å². The van der Waals surface area contributed by atoms with Gasteiger partial charge in [-0.1, -0.05) is 0 Å². The number of halogens is 1. The first-order chi connectivity index (χ1) is 7.20. The van der Waals surface area contributed by atoms with Gasteiger partial charge in [0, 0.05) is 25.0 Å². The molecule has 16 heavy (non-hydrogen) atoms. The highest BCUT2D eigenvalue weighted by Crippen LogP contribution is 2.31. The second-order valence-corrected chi connectivity index (χ2v) is 5.09. The second kappa shape index (κ2) is 5.87. The van der Waals surface area contributed by atoms with Crippen LogP contribution in [0.15, 0.2) is 0 Å². The molecule has 1 amide bonds. The van der Waals surface area contributed by atoms with Crippen LogP contribution in [0.4, 0.5) is 0 Å². The zero-order valence-electron chi connectivity index (χ0n) is 10.0. The highest BCUT2D eigenvalue weighted by molar-refractivity contribution is 5.85. The number of nitrogens with zero attached hydrogens (tertiary/aromatic N) is 1. The third-order valence-electron chi connectivity index (χ3n) is 3.69. The van der Waals surface area contributed by atoms with Crippen LogP contribution in [-0.2, 0) is 4.79 Å². The number of carbonyl (C=O) groups excluding carboxylic acids is 1. The lowest BCUT2D eigenvalue weighted by molar-refractivity contribution is -0.135. The lowest BCUT2D eigenvalue weighted by Gasteiger charge is -2.24. The zero-order valence-corrected chi connectivity index (χ0v) is 10.8. The van der Waals surface area contributed by atoms with E-state index in [1.807, 2.05) is 4.90 Å². The van der Waals surface area contributed by atoms with Crippen molar-refractivity contribution in [2.24, 2.45) is 17.6 Å². The smallest absolute Gasteiger partial charge is 0.225 e. The largest absolute Gasteiger partial charge is 0.342 e. The summed E-state index contributed by atoms with van der Waals surface area (Å²) in [6.45, 7) is 3.93. The monoisotopic (exact) mass is 246 g/mol. The lowest BCUT2D eigenvalue weighted by atomic mass is 10.1. The minimum atomic E-state index is 0. The highest BCUT2D eigenvalue weighted by atomic mass is 35.5. The van der Waals surface area contributed by atoms with Crippen LogP contribution in [0.2, 0.25) is 0 Å². The Balaban J connectivity index is 0.00000128. The normalized spacial score (nSPS) is 28.6. The third kappa shape index (κ3) is 3.36. The fraction of sp³-hybridized carbons (Fsp3) is 0.917. The molecule has 2 aliphatic rings. The molecule has 2 saturated carbocycles. The molecule has 0 heterocycles. The number of hydrogen-bond donors (Lipinski definition) is 1. The zero-order chi connectivity index (χ0) is 10.8. The molecule has 2 atom stereocenters. The molecule has 0 aromatic heterocycles. The van der Waals surface area contributed by atoms with Gasteiger partial charge in [-0.15, -0.1) is 12.4 Å². The minimum Gasteiger partial charge on any atom is -0.342 e. The summed E-state index contributed by atoms with van der Waals surface area (Å²) in [4.78, 5) is 14.2. The third-order valence-corrected chi connectivity index (χ3v) is 3.69. The van der Waals surface area contributed by atoms with Crippen LogP contribution in [0, 0.1) is 11.8 Å². The molecule has 0 aliphatic heterocycles. The average Bonchev–Trinajstić information content (AvgIpc) is 2.95. The van der Waals surface area contributed by atoms with Gasteiger partial charge in [0.1, 0.15) is 0 Å². The average molecular weight is 247 g/mol. The molecule has 0 spiro atoms. The first kappa shape index (κ1) is 13.8. The van der Waals surface area contributed by atoms with E-state index in [4.69, 9.17) is 5.73 Å².